The van der Waals surface area contributed by atoms with Crippen molar-refractivity contribution in [2.75, 3.05) is 5.84 Å². The van der Waals surface area contributed by atoms with Crippen LogP contribution in [0.25, 0.3) is 43.4 Å². The third kappa shape index (κ3) is 1.39. The molecular formula is C20H14N2. The Morgan fingerprint density at radius 3 is 2.09 bits per heavy atom. The second-order valence-electron chi connectivity index (χ2n) is 5.77. The summed E-state index contributed by atoms with van der Waals surface area (Å²) in [7, 11) is 0. The normalized spacial score (nSPS) is 11.8. The summed E-state index contributed by atoms with van der Waals surface area (Å²) in [4.78, 5) is 0. The molecule has 5 aromatic rings. The highest BCUT2D eigenvalue weighted by atomic mass is 15.3. The largest absolute Gasteiger partial charge is 0.339 e. The summed E-state index contributed by atoms with van der Waals surface area (Å²) in [5.41, 5.74) is 2.15. The zero-order valence-electron chi connectivity index (χ0n) is 12.0. The summed E-state index contributed by atoms with van der Waals surface area (Å²) in [5.74, 6) is 6.37. The van der Waals surface area contributed by atoms with Crippen molar-refractivity contribution in [1.29, 1.82) is 0 Å². The standard InChI is InChI=1S/C20H14N2/c21-22-18-10-9-13-5-3-4-8-16(13)20(18)17-11-14-6-1-2-7-15(14)12-19(17)22/h1-12H,21H2. The Morgan fingerprint density at radius 2 is 1.27 bits per heavy atom. The van der Waals surface area contributed by atoms with Crippen LogP contribution >= 0.6 is 0 Å². The molecule has 0 saturated carbocycles. The van der Waals surface area contributed by atoms with Crippen LogP contribution in [0.3, 0.4) is 0 Å². The van der Waals surface area contributed by atoms with Gasteiger partial charge < -0.3 is 5.84 Å². The third-order valence-electron chi connectivity index (χ3n) is 4.56. The molecule has 0 aliphatic carbocycles. The minimum atomic E-state index is 1.07. The number of benzene rings is 4. The van der Waals surface area contributed by atoms with Crippen molar-refractivity contribution in [3.63, 3.8) is 0 Å². The van der Waals surface area contributed by atoms with Crippen molar-refractivity contribution < 1.29 is 0 Å². The summed E-state index contributed by atoms with van der Waals surface area (Å²) < 4.78 is 1.81. The summed E-state index contributed by atoms with van der Waals surface area (Å²) >= 11 is 0. The van der Waals surface area contributed by atoms with Crippen LogP contribution in [-0.2, 0) is 0 Å². The number of nitrogens with zero attached hydrogens (tertiary/aromatic N) is 1. The second-order valence-corrected chi connectivity index (χ2v) is 5.77. The van der Waals surface area contributed by atoms with Crippen LogP contribution in [0.2, 0.25) is 0 Å². The molecule has 0 aliphatic heterocycles. The van der Waals surface area contributed by atoms with E-state index in [-0.39, 0.29) is 0 Å². The highest BCUT2D eigenvalue weighted by Gasteiger charge is 2.12. The van der Waals surface area contributed by atoms with E-state index in [2.05, 4.69) is 72.8 Å². The lowest BCUT2D eigenvalue weighted by molar-refractivity contribution is 1.12. The Morgan fingerprint density at radius 1 is 0.591 bits per heavy atom. The molecule has 0 bridgehead atoms. The van der Waals surface area contributed by atoms with E-state index < -0.39 is 0 Å². The number of nitrogens with two attached hydrogens (primary N) is 1. The fourth-order valence-corrected chi connectivity index (χ4v) is 3.50. The highest BCUT2D eigenvalue weighted by molar-refractivity contribution is 6.22. The fraction of sp³-hybridized carbons (Fsp3) is 0. The molecule has 0 saturated heterocycles. The van der Waals surface area contributed by atoms with Crippen LogP contribution in [0, 0.1) is 0 Å². The predicted molar refractivity (Wildman–Crippen MR) is 94.6 cm³/mol. The zero-order chi connectivity index (χ0) is 14.7. The highest BCUT2D eigenvalue weighted by Crippen LogP contribution is 2.35. The van der Waals surface area contributed by atoms with E-state index in [4.69, 9.17) is 5.84 Å². The van der Waals surface area contributed by atoms with Gasteiger partial charge in [0.05, 0.1) is 11.0 Å². The minimum Gasteiger partial charge on any atom is -0.339 e. The van der Waals surface area contributed by atoms with E-state index >= 15 is 0 Å². The molecule has 2 nitrogen and oxygen atoms in total. The molecule has 104 valence electrons. The Balaban J connectivity index is 2.12. The molecule has 5 rings (SSSR count). The molecule has 2 N–H and O–H groups in total. The van der Waals surface area contributed by atoms with E-state index in [1.165, 1.54) is 32.3 Å². The molecule has 0 atom stereocenters. The first kappa shape index (κ1) is 11.6. The average molecular weight is 282 g/mol. The van der Waals surface area contributed by atoms with Crippen molar-refractivity contribution >= 4 is 43.4 Å². The molecule has 4 aromatic carbocycles. The number of nitrogen functional groups attached to an aromatic ring is 1. The predicted octanol–water partition coefficient (Wildman–Crippen LogP) is 4.81. The van der Waals surface area contributed by atoms with Crippen LogP contribution in [0.5, 0.6) is 0 Å². The maximum atomic E-state index is 6.37. The lowest BCUT2D eigenvalue weighted by Crippen LogP contribution is -2.06. The van der Waals surface area contributed by atoms with E-state index in [1.807, 2.05) is 4.68 Å². The van der Waals surface area contributed by atoms with Gasteiger partial charge in [-0.2, -0.15) is 0 Å². The van der Waals surface area contributed by atoms with E-state index in [1.54, 1.807) is 0 Å². The molecule has 0 fully saturated rings. The molecule has 0 spiro atoms. The monoisotopic (exact) mass is 282 g/mol. The first-order valence-corrected chi connectivity index (χ1v) is 7.43. The lowest BCUT2D eigenvalue weighted by atomic mass is 10.0. The number of rotatable bonds is 0. The fourth-order valence-electron chi connectivity index (χ4n) is 3.50. The molecule has 0 aliphatic rings. The summed E-state index contributed by atoms with van der Waals surface area (Å²) in [6, 6.07) is 25.6. The molecule has 0 radical (unpaired) electrons. The van der Waals surface area contributed by atoms with Crippen molar-refractivity contribution in [1.82, 2.24) is 4.68 Å². The van der Waals surface area contributed by atoms with Crippen molar-refractivity contribution in [3.05, 3.63) is 72.8 Å². The molecule has 1 aromatic heterocycles. The van der Waals surface area contributed by atoms with Crippen molar-refractivity contribution in [3.8, 4) is 0 Å². The van der Waals surface area contributed by atoms with Gasteiger partial charge in [0.2, 0.25) is 0 Å². The van der Waals surface area contributed by atoms with Crippen LogP contribution in [-0.4, -0.2) is 4.68 Å². The van der Waals surface area contributed by atoms with Gasteiger partial charge in [-0.05, 0) is 39.7 Å². The second kappa shape index (κ2) is 4.01. The number of aromatic nitrogens is 1. The SMILES string of the molecule is Nn1c2cc3ccccc3cc2c2c3ccccc3ccc21. The van der Waals surface area contributed by atoms with E-state index in [0.29, 0.717) is 0 Å². The minimum absolute atomic E-state index is 1.07. The van der Waals surface area contributed by atoms with Gasteiger partial charge in [0, 0.05) is 10.8 Å². The molecule has 22 heavy (non-hydrogen) atoms. The van der Waals surface area contributed by atoms with E-state index in [9.17, 15) is 0 Å². The van der Waals surface area contributed by atoms with Crippen LogP contribution in [0.4, 0.5) is 0 Å². The smallest absolute Gasteiger partial charge is 0.0710 e. The first-order chi connectivity index (χ1) is 10.8. The molecule has 0 unspecified atom stereocenters. The Hall–Kier alpha value is -3.00. The number of hydrogen-bond acceptors (Lipinski definition) is 1. The van der Waals surface area contributed by atoms with Gasteiger partial charge in [-0.25, -0.2) is 0 Å². The van der Waals surface area contributed by atoms with Crippen LogP contribution < -0.4 is 5.84 Å². The van der Waals surface area contributed by atoms with Crippen LogP contribution in [0.15, 0.2) is 72.8 Å². The summed E-state index contributed by atoms with van der Waals surface area (Å²) in [6.45, 7) is 0. The number of hydrogen-bond donors (Lipinski definition) is 1. The van der Waals surface area contributed by atoms with Crippen molar-refractivity contribution in [2.24, 2.45) is 0 Å². The maximum Gasteiger partial charge on any atom is 0.0710 e. The van der Waals surface area contributed by atoms with Gasteiger partial charge in [0.25, 0.3) is 0 Å². The van der Waals surface area contributed by atoms with Gasteiger partial charge >= 0.3 is 0 Å². The molecule has 1 heterocycles. The number of fused-ring (bicyclic) bond motifs is 6. The van der Waals surface area contributed by atoms with Crippen LogP contribution in [0.1, 0.15) is 0 Å². The maximum absolute atomic E-state index is 6.37. The molecular weight excluding hydrogens is 268 g/mol. The van der Waals surface area contributed by atoms with Gasteiger partial charge in [-0.3, -0.25) is 4.68 Å². The topological polar surface area (TPSA) is 30.9 Å². The average Bonchev–Trinajstić information content (AvgIpc) is 2.85. The third-order valence-corrected chi connectivity index (χ3v) is 4.56. The van der Waals surface area contributed by atoms with E-state index in [0.717, 1.165) is 11.0 Å². The van der Waals surface area contributed by atoms with Gasteiger partial charge in [-0.15, -0.1) is 0 Å². The quantitative estimate of drug-likeness (QED) is 0.406. The van der Waals surface area contributed by atoms with Gasteiger partial charge in [0.1, 0.15) is 0 Å². The summed E-state index contributed by atoms with van der Waals surface area (Å²) in [5, 5.41) is 7.42. The Labute approximate surface area is 127 Å². The zero-order valence-corrected chi connectivity index (χ0v) is 12.0. The summed E-state index contributed by atoms with van der Waals surface area (Å²) in [6.07, 6.45) is 0. The lowest BCUT2D eigenvalue weighted by Gasteiger charge is -2.01. The Bertz CT molecular complexity index is 1180. The van der Waals surface area contributed by atoms with Crippen molar-refractivity contribution in [2.45, 2.75) is 0 Å². The van der Waals surface area contributed by atoms with Gasteiger partial charge in [-0.1, -0.05) is 54.6 Å². The first-order valence-electron chi connectivity index (χ1n) is 7.43. The Kier molecular flexibility index (Phi) is 2.12. The van der Waals surface area contributed by atoms with Gasteiger partial charge in [0.15, 0.2) is 0 Å². The molecule has 0 amide bonds. The molecule has 2 heteroatoms.